The summed E-state index contributed by atoms with van der Waals surface area (Å²) in [5.41, 5.74) is 2.00. The zero-order valence-corrected chi connectivity index (χ0v) is 9.17. The van der Waals surface area contributed by atoms with Crippen molar-refractivity contribution in [3.63, 3.8) is 0 Å². The van der Waals surface area contributed by atoms with Crippen molar-refractivity contribution in [3.8, 4) is 0 Å². The summed E-state index contributed by atoms with van der Waals surface area (Å²) >= 11 is 0. The number of halogens is 1. The molecule has 1 aromatic carbocycles. The second-order valence-electron chi connectivity index (χ2n) is 4.23. The first-order valence-corrected chi connectivity index (χ1v) is 5.78. The largest absolute Gasteiger partial charge is 0.307 e. The molecule has 0 radical (unpaired) electrons. The summed E-state index contributed by atoms with van der Waals surface area (Å²) in [5.74, 6) is 0. The van der Waals surface area contributed by atoms with Gasteiger partial charge in [0.2, 0.25) is 0 Å². The first-order chi connectivity index (χ1) is 7.33. The van der Waals surface area contributed by atoms with Gasteiger partial charge in [-0.3, -0.25) is 0 Å². The Balaban J connectivity index is 2.11. The summed E-state index contributed by atoms with van der Waals surface area (Å²) in [6, 6.07) is 7.83. The number of hydrogen-bond acceptors (Lipinski definition) is 1. The average molecular weight is 207 g/mol. The summed E-state index contributed by atoms with van der Waals surface area (Å²) in [6.07, 6.45) is 2.33. The van der Waals surface area contributed by atoms with Gasteiger partial charge in [0.05, 0.1) is 0 Å². The predicted molar refractivity (Wildman–Crippen MR) is 60.4 cm³/mol. The van der Waals surface area contributed by atoms with E-state index in [4.69, 9.17) is 0 Å². The number of alkyl halides is 1. The standard InChI is InChI=1S/C13H18FN/c1-2-3-8-12-13(14)11-7-5-4-6-10(11)9-15-12/h4-7,12-13,15H,2-3,8-9H2,1H3/t12-,13-/m1/s1. The van der Waals surface area contributed by atoms with Crippen LogP contribution < -0.4 is 5.32 Å². The van der Waals surface area contributed by atoms with Gasteiger partial charge in [-0.1, -0.05) is 44.0 Å². The van der Waals surface area contributed by atoms with Crippen molar-refractivity contribution in [3.05, 3.63) is 35.4 Å². The van der Waals surface area contributed by atoms with Gasteiger partial charge in [0.1, 0.15) is 6.17 Å². The van der Waals surface area contributed by atoms with Gasteiger partial charge in [-0.2, -0.15) is 0 Å². The highest BCUT2D eigenvalue weighted by Crippen LogP contribution is 2.31. The molecule has 0 fully saturated rings. The minimum atomic E-state index is -0.832. The predicted octanol–water partition coefficient (Wildman–Crippen LogP) is 3.36. The molecule has 0 aliphatic carbocycles. The van der Waals surface area contributed by atoms with Crippen molar-refractivity contribution in [2.24, 2.45) is 0 Å². The van der Waals surface area contributed by atoms with Crippen molar-refractivity contribution in [2.75, 3.05) is 0 Å². The molecular formula is C13H18FN. The van der Waals surface area contributed by atoms with Crippen LogP contribution in [0, 0.1) is 0 Å². The molecule has 0 bridgehead atoms. The first-order valence-electron chi connectivity index (χ1n) is 5.78. The first kappa shape index (κ1) is 10.6. The van der Waals surface area contributed by atoms with Crippen molar-refractivity contribution in [1.29, 1.82) is 0 Å². The fourth-order valence-electron chi connectivity index (χ4n) is 2.20. The number of hydrogen-bond donors (Lipinski definition) is 1. The Hall–Kier alpha value is -0.890. The molecule has 2 heteroatoms. The smallest absolute Gasteiger partial charge is 0.141 e. The third kappa shape index (κ3) is 2.20. The van der Waals surface area contributed by atoms with Crippen LogP contribution in [-0.4, -0.2) is 6.04 Å². The Labute approximate surface area is 90.7 Å². The molecule has 82 valence electrons. The number of benzene rings is 1. The van der Waals surface area contributed by atoms with Crippen molar-refractivity contribution >= 4 is 0 Å². The molecule has 0 aromatic heterocycles. The van der Waals surface area contributed by atoms with Gasteiger partial charge in [0.15, 0.2) is 0 Å². The fraction of sp³-hybridized carbons (Fsp3) is 0.538. The van der Waals surface area contributed by atoms with Crippen LogP contribution >= 0.6 is 0 Å². The maximum atomic E-state index is 14.1. The van der Waals surface area contributed by atoms with Gasteiger partial charge < -0.3 is 5.32 Å². The monoisotopic (exact) mass is 207 g/mol. The topological polar surface area (TPSA) is 12.0 Å². The fourth-order valence-corrected chi connectivity index (χ4v) is 2.20. The highest BCUT2D eigenvalue weighted by atomic mass is 19.1. The molecule has 0 saturated heterocycles. The van der Waals surface area contributed by atoms with Crippen molar-refractivity contribution < 1.29 is 4.39 Å². The highest BCUT2D eigenvalue weighted by molar-refractivity contribution is 5.32. The summed E-state index contributed by atoms with van der Waals surface area (Å²) in [6.45, 7) is 2.95. The second kappa shape index (κ2) is 4.75. The molecule has 1 heterocycles. The molecule has 2 rings (SSSR count). The number of rotatable bonds is 3. The molecule has 0 amide bonds. The normalized spacial score (nSPS) is 24.9. The number of nitrogens with one attached hydrogen (secondary N) is 1. The zero-order chi connectivity index (χ0) is 10.7. The number of fused-ring (bicyclic) bond motifs is 1. The zero-order valence-electron chi connectivity index (χ0n) is 9.17. The van der Waals surface area contributed by atoms with Crippen LogP contribution in [0.15, 0.2) is 24.3 Å². The van der Waals surface area contributed by atoms with Crippen molar-refractivity contribution in [2.45, 2.75) is 44.9 Å². The van der Waals surface area contributed by atoms with Gasteiger partial charge in [-0.05, 0) is 17.5 Å². The van der Waals surface area contributed by atoms with E-state index in [2.05, 4.69) is 12.2 Å². The lowest BCUT2D eigenvalue weighted by Crippen LogP contribution is -2.37. The van der Waals surface area contributed by atoms with E-state index in [1.807, 2.05) is 24.3 Å². The Morgan fingerprint density at radius 2 is 2.20 bits per heavy atom. The van der Waals surface area contributed by atoms with Crippen LogP contribution in [0.25, 0.3) is 0 Å². The van der Waals surface area contributed by atoms with E-state index in [9.17, 15) is 4.39 Å². The molecule has 1 N–H and O–H groups in total. The SMILES string of the molecule is CCCC[C@H]1NCc2ccccc2[C@H]1F. The van der Waals surface area contributed by atoms with Crippen LogP contribution in [0.4, 0.5) is 4.39 Å². The molecule has 0 unspecified atom stereocenters. The third-order valence-corrected chi connectivity index (χ3v) is 3.13. The maximum absolute atomic E-state index is 14.1. The van der Waals surface area contributed by atoms with E-state index in [1.165, 1.54) is 0 Å². The number of unbranched alkanes of at least 4 members (excludes halogenated alkanes) is 1. The molecule has 0 spiro atoms. The van der Waals surface area contributed by atoms with Crippen LogP contribution in [0.1, 0.15) is 43.5 Å². The lowest BCUT2D eigenvalue weighted by molar-refractivity contribution is 0.222. The second-order valence-corrected chi connectivity index (χ2v) is 4.23. The van der Waals surface area contributed by atoms with Crippen molar-refractivity contribution in [1.82, 2.24) is 5.32 Å². The van der Waals surface area contributed by atoms with E-state index in [0.717, 1.165) is 36.9 Å². The molecule has 2 atom stereocenters. The quantitative estimate of drug-likeness (QED) is 0.801. The minimum Gasteiger partial charge on any atom is -0.307 e. The van der Waals surface area contributed by atoms with Crippen LogP contribution in [0.5, 0.6) is 0 Å². The molecule has 1 aromatic rings. The van der Waals surface area contributed by atoms with Gasteiger partial charge in [-0.15, -0.1) is 0 Å². The molecule has 0 saturated carbocycles. The Morgan fingerprint density at radius 1 is 1.40 bits per heavy atom. The summed E-state index contributed by atoms with van der Waals surface area (Å²) in [5, 5.41) is 3.28. The Bertz CT molecular complexity index is 324. The van der Waals surface area contributed by atoms with Crippen LogP contribution in [0.3, 0.4) is 0 Å². The summed E-state index contributed by atoms with van der Waals surface area (Å²) in [4.78, 5) is 0. The molecule has 1 aliphatic heterocycles. The van der Waals surface area contributed by atoms with E-state index >= 15 is 0 Å². The molecular weight excluding hydrogens is 189 g/mol. The highest BCUT2D eigenvalue weighted by Gasteiger charge is 2.27. The average Bonchev–Trinajstić information content (AvgIpc) is 2.29. The van der Waals surface area contributed by atoms with Gasteiger partial charge in [0.25, 0.3) is 0 Å². The van der Waals surface area contributed by atoms with E-state index in [1.54, 1.807) is 0 Å². The third-order valence-electron chi connectivity index (χ3n) is 3.13. The Morgan fingerprint density at radius 3 is 3.00 bits per heavy atom. The lowest BCUT2D eigenvalue weighted by atomic mass is 9.91. The van der Waals surface area contributed by atoms with E-state index in [0.29, 0.717) is 0 Å². The molecule has 15 heavy (non-hydrogen) atoms. The van der Waals surface area contributed by atoms with E-state index < -0.39 is 6.17 Å². The van der Waals surface area contributed by atoms with Crippen LogP contribution in [0.2, 0.25) is 0 Å². The summed E-state index contributed by atoms with van der Waals surface area (Å²) < 4.78 is 14.1. The van der Waals surface area contributed by atoms with E-state index in [-0.39, 0.29) is 6.04 Å². The minimum absolute atomic E-state index is 0.0137. The van der Waals surface area contributed by atoms with Gasteiger partial charge in [-0.25, -0.2) is 4.39 Å². The van der Waals surface area contributed by atoms with Gasteiger partial charge >= 0.3 is 0 Å². The molecule has 1 nitrogen and oxygen atoms in total. The maximum Gasteiger partial charge on any atom is 0.141 e. The summed E-state index contributed by atoms with van der Waals surface area (Å²) in [7, 11) is 0. The molecule has 1 aliphatic rings. The Kier molecular flexibility index (Phi) is 3.37. The van der Waals surface area contributed by atoms with Crippen LogP contribution in [-0.2, 0) is 6.54 Å². The van der Waals surface area contributed by atoms with Gasteiger partial charge in [0, 0.05) is 12.6 Å². The lowest BCUT2D eigenvalue weighted by Gasteiger charge is -2.29.